The highest BCUT2D eigenvalue weighted by atomic mass is 19.1. The van der Waals surface area contributed by atoms with E-state index in [2.05, 4.69) is 51.3 Å². The lowest BCUT2D eigenvalue weighted by molar-refractivity contribution is 0.607. The maximum Gasteiger partial charge on any atom is 0.138 e. The van der Waals surface area contributed by atoms with Gasteiger partial charge >= 0.3 is 0 Å². The lowest BCUT2D eigenvalue weighted by atomic mass is 10.0. The van der Waals surface area contributed by atoms with Crippen molar-refractivity contribution in [2.45, 2.75) is 39.5 Å². The quantitative estimate of drug-likeness (QED) is 0.195. The molecule has 0 bridgehead atoms. The fourth-order valence-corrected chi connectivity index (χ4v) is 5.49. The molecule has 1 aliphatic carbocycles. The fraction of sp³-hybridized carbons (Fsp3) is 0.200. The Hall–Kier alpha value is -4.71. The number of hydrogen-bond acceptors (Lipinski definition) is 3. The second-order valence-corrected chi connectivity index (χ2v) is 10.4. The summed E-state index contributed by atoms with van der Waals surface area (Å²) in [6, 6.07) is 10.5. The average molecular weight is 546 g/mol. The number of nitrogens with one attached hydrogen (secondary N) is 3. The van der Waals surface area contributed by atoms with E-state index in [4.69, 9.17) is 0 Å². The molecule has 0 saturated heterocycles. The van der Waals surface area contributed by atoms with Crippen molar-refractivity contribution in [1.29, 1.82) is 0 Å². The van der Waals surface area contributed by atoms with Crippen LogP contribution in [0.15, 0.2) is 103 Å². The highest BCUT2D eigenvalue weighted by Crippen LogP contribution is 2.31. The van der Waals surface area contributed by atoms with Crippen LogP contribution in [0, 0.1) is 11.7 Å². The van der Waals surface area contributed by atoms with Gasteiger partial charge in [-0.05, 0) is 97.4 Å². The average Bonchev–Trinajstić information content (AvgIpc) is 3.74. The van der Waals surface area contributed by atoms with Gasteiger partial charge in [-0.3, -0.25) is 5.10 Å². The Morgan fingerprint density at radius 2 is 1.93 bits per heavy atom. The normalized spacial score (nSPS) is 15.6. The van der Waals surface area contributed by atoms with E-state index >= 15 is 0 Å². The van der Waals surface area contributed by atoms with Crippen molar-refractivity contribution in [3.05, 3.63) is 119 Å². The Kier molecular flexibility index (Phi) is 8.29. The smallest absolute Gasteiger partial charge is 0.138 e. The minimum absolute atomic E-state index is 0.277. The topological polar surface area (TPSA) is 69.4 Å². The molecule has 5 nitrogen and oxygen atoms in total. The molecule has 5 rings (SSSR count). The van der Waals surface area contributed by atoms with Crippen molar-refractivity contribution < 1.29 is 4.39 Å². The van der Waals surface area contributed by atoms with Gasteiger partial charge in [0.15, 0.2) is 0 Å². The summed E-state index contributed by atoms with van der Waals surface area (Å²) in [5.74, 6) is 0.228. The molecule has 0 atom stereocenters. The second kappa shape index (κ2) is 12.2. The van der Waals surface area contributed by atoms with Crippen LogP contribution in [0.2, 0.25) is 0 Å². The Bertz CT molecular complexity index is 1810. The van der Waals surface area contributed by atoms with Crippen molar-refractivity contribution in [2.24, 2.45) is 5.92 Å². The van der Waals surface area contributed by atoms with Gasteiger partial charge in [0.2, 0.25) is 0 Å². The summed E-state index contributed by atoms with van der Waals surface area (Å²) >= 11 is 0. The van der Waals surface area contributed by atoms with Crippen LogP contribution in [0.25, 0.3) is 45.7 Å². The van der Waals surface area contributed by atoms with Crippen LogP contribution in [0.4, 0.5) is 4.39 Å². The molecular weight excluding hydrogens is 509 g/mol. The first kappa shape index (κ1) is 27.8. The summed E-state index contributed by atoms with van der Waals surface area (Å²) in [7, 11) is 0. The number of halogens is 1. The molecule has 3 heterocycles. The number of hydrogen-bond donors (Lipinski definition) is 3. The molecule has 1 fully saturated rings. The van der Waals surface area contributed by atoms with Gasteiger partial charge in [0.25, 0.3) is 0 Å². The van der Waals surface area contributed by atoms with E-state index in [9.17, 15) is 4.39 Å². The molecule has 0 aliphatic heterocycles. The molecule has 3 N–H and O–H groups in total. The van der Waals surface area contributed by atoms with E-state index in [1.165, 1.54) is 37.8 Å². The predicted octanol–water partition coefficient (Wildman–Crippen LogP) is 7.21. The summed E-state index contributed by atoms with van der Waals surface area (Å²) in [5.41, 5.74) is 7.69. The molecule has 0 spiro atoms. The van der Waals surface area contributed by atoms with E-state index in [-0.39, 0.29) is 5.82 Å². The minimum Gasteiger partial charge on any atom is -0.359 e. The molecule has 41 heavy (non-hydrogen) atoms. The number of H-pyrrole nitrogens is 2. The standard InChI is InChI=1S/C35H36FN5/c1-6-24(20-28(7-2)38-23(5)25-12-9-10-13-25)22(4)18-31-32(8-3)40-41-34(31)33-21-30-29(16-17-37-35(30)39-33)26-14-11-15-27(36)19-26/h6-8,11,14-21,25,38,40H,2,4-5,9-10,12-13H2,1,3H3,(H,37,39)/b24-6+,28-20+,31-18+,32-8+. The summed E-state index contributed by atoms with van der Waals surface area (Å²) in [4.78, 5) is 7.94. The summed E-state index contributed by atoms with van der Waals surface area (Å²) in [6.07, 6.45) is 16.5. The first-order valence-electron chi connectivity index (χ1n) is 14.0. The van der Waals surface area contributed by atoms with E-state index in [1.54, 1.807) is 12.3 Å². The summed E-state index contributed by atoms with van der Waals surface area (Å²) in [5, 5.41) is 14.0. The number of rotatable bonds is 9. The third-order valence-corrected chi connectivity index (χ3v) is 7.73. The lowest BCUT2D eigenvalue weighted by Gasteiger charge is -2.16. The highest BCUT2D eigenvalue weighted by Gasteiger charge is 2.18. The number of pyridine rings is 1. The van der Waals surface area contributed by atoms with E-state index in [0.717, 1.165) is 61.0 Å². The fourth-order valence-electron chi connectivity index (χ4n) is 5.49. The van der Waals surface area contributed by atoms with Gasteiger partial charge in [0.05, 0.1) is 11.0 Å². The van der Waals surface area contributed by atoms with Gasteiger partial charge in [0, 0.05) is 28.2 Å². The largest absolute Gasteiger partial charge is 0.359 e. The lowest BCUT2D eigenvalue weighted by Crippen LogP contribution is -2.23. The molecule has 1 aromatic carbocycles. The van der Waals surface area contributed by atoms with Crippen molar-refractivity contribution in [3.63, 3.8) is 0 Å². The third kappa shape index (κ3) is 5.92. The van der Waals surface area contributed by atoms with E-state index < -0.39 is 0 Å². The molecule has 0 amide bonds. The predicted molar refractivity (Wildman–Crippen MR) is 168 cm³/mol. The number of fused-ring (bicyclic) bond motifs is 1. The molecule has 4 aromatic rings. The Morgan fingerprint density at radius 3 is 2.63 bits per heavy atom. The summed E-state index contributed by atoms with van der Waals surface area (Å²) in [6.45, 7) is 16.7. The van der Waals surface area contributed by atoms with Gasteiger partial charge in [-0.25, -0.2) is 9.37 Å². The van der Waals surface area contributed by atoms with Crippen molar-refractivity contribution >= 4 is 23.2 Å². The molecule has 0 unspecified atom stereocenters. The van der Waals surface area contributed by atoms with Crippen LogP contribution in [-0.4, -0.2) is 20.2 Å². The van der Waals surface area contributed by atoms with Gasteiger partial charge in [-0.2, -0.15) is 5.10 Å². The Labute approximate surface area is 240 Å². The number of aromatic amines is 2. The first-order chi connectivity index (χ1) is 19.9. The van der Waals surface area contributed by atoms with Gasteiger partial charge in [-0.15, -0.1) is 0 Å². The van der Waals surface area contributed by atoms with Crippen LogP contribution in [0.5, 0.6) is 0 Å². The number of aromatic nitrogens is 4. The molecule has 0 radical (unpaired) electrons. The Morgan fingerprint density at radius 1 is 1.12 bits per heavy atom. The minimum atomic E-state index is -0.277. The molecule has 3 aromatic heterocycles. The zero-order valence-electron chi connectivity index (χ0n) is 23.7. The third-order valence-electron chi connectivity index (χ3n) is 7.73. The van der Waals surface area contributed by atoms with Crippen molar-refractivity contribution in [1.82, 2.24) is 25.5 Å². The molecule has 1 saturated carbocycles. The Balaban J connectivity index is 1.51. The SMILES string of the molecule is C=C/C(=C\C(=C/C)C(=C)/C=c1/c(-c2cc3c(-c4cccc(F)c4)ccnc3[nH]2)n[nH]/c1=C/C)NC(=C)C1CCCC1. The molecule has 208 valence electrons. The second-order valence-electron chi connectivity index (χ2n) is 10.4. The van der Waals surface area contributed by atoms with Gasteiger partial charge < -0.3 is 10.3 Å². The zero-order valence-corrected chi connectivity index (χ0v) is 23.7. The monoisotopic (exact) mass is 545 g/mol. The molecular formula is C35H36FN5. The maximum atomic E-state index is 14.0. The first-order valence-corrected chi connectivity index (χ1v) is 14.0. The number of benzene rings is 1. The van der Waals surface area contributed by atoms with Crippen LogP contribution in [-0.2, 0) is 0 Å². The zero-order chi connectivity index (χ0) is 28.9. The number of nitrogens with zero attached hydrogens (tertiary/aromatic N) is 2. The van der Waals surface area contributed by atoms with Crippen LogP contribution < -0.4 is 15.9 Å². The van der Waals surface area contributed by atoms with Crippen molar-refractivity contribution in [2.75, 3.05) is 0 Å². The highest BCUT2D eigenvalue weighted by molar-refractivity contribution is 5.96. The van der Waals surface area contributed by atoms with Crippen LogP contribution >= 0.6 is 0 Å². The van der Waals surface area contributed by atoms with Gasteiger partial charge in [-0.1, -0.05) is 56.9 Å². The van der Waals surface area contributed by atoms with Gasteiger partial charge in [0.1, 0.15) is 17.2 Å². The van der Waals surface area contributed by atoms with Crippen molar-refractivity contribution in [3.8, 4) is 22.5 Å². The summed E-state index contributed by atoms with van der Waals surface area (Å²) < 4.78 is 14.0. The van der Waals surface area contributed by atoms with E-state index in [1.807, 2.05) is 56.4 Å². The number of allylic oxidation sites excluding steroid dienone is 6. The van der Waals surface area contributed by atoms with Crippen LogP contribution in [0.3, 0.4) is 0 Å². The van der Waals surface area contributed by atoms with E-state index in [0.29, 0.717) is 11.6 Å². The molecule has 1 aliphatic rings. The van der Waals surface area contributed by atoms with Crippen LogP contribution in [0.1, 0.15) is 39.5 Å². The molecule has 6 heteroatoms. The maximum absolute atomic E-state index is 14.0.